The number of halogens is 1. The van der Waals surface area contributed by atoms with E-state index in [1.54, 1.807) is 12.1 Å². The minimum Gasteiger partial charge on any atom is -0.391 e. The van der Waals surface area contributed by atoms with Crippen LogP contribution in [0.3, 0.4) is 0 Å². The summed E-state index contributed by atoms with van der Waals surface area (Å²) in [6, 6.07) is 6.33. The maximum Gasteiger partial charge on any atom is 0.315 e. The Balaban J connectivity index is 1.79. The highest BCUT2D eigenvalue weighted by Gasteiger charge is 2.29. The summed E-state index contributed by atoms with van der Waals surface area (Å²) >= 11 is 0. The van der Waals surface area contributed by atoms with Crippen molar-refractivity contribution in [3.63, 3.8) is 0 Å². The highest BCUT2D eigenvalue weighted by Crippen LogP contribution is 2.34. The van der Waals surface area contributed by atoms with Crippen molar-refractivity contribution in [3.8, 4) is 0 Å². The molecular weight excluding hydrogens is 299 g/mol. The zero-order valence-corrected chi connectivity index (χ0v) is 13.4. The van der Waals surface area contributed by atoms with Crippen LogP contribution >= 0.6 is 0 Å². The summed E-state index contributed by atoms with van der Waals surface area (Å²) in [5.41, 5.74) is 1.06. The molecule has 1 saturated carbocycles. The van der Waals surface area contributed by atoms with Gasteiger partial charge in [-0.2, -0.15) is 0 Å². The fourth-order valence-electron chi connectivity index (χ4n) is 3.09. The predicted octanol–water partition coefficient (Wildman–Crippen LogP) is 2.16. The summed E-state index contributed by atoms with van der Waals surface area (Å²) in [7, 11) is 1.53. The molecule has 0 aliphatic heterocycles. The third-order valence-electron chi connectivity index (χ3n) is 4.25. The molecule has 0 saturated heterocycles. The Morgan fingerprint density at radius 3 is 2.83 bits per heavy atom. The standard InChI is InChI=1S/C17H25FN2O3/c1-23-11-14(21)9-10-19-17(22)20-16-4-2-3-15(16)12-5-7-13(18)8-6-12/h5-8,14-16,21H,2-4,9-11H2,1H3,(H2,19,20,22). The first-order valence-corrected chi connectivity index (χ1v) is 8.07. The van der Waals surface area contributed by atoms with Crippen molar-refractivity contribution < 1.29 is 19.0 Å². The molecule has 0 bridgehead atoms. The molecule has 2 rings (SSSR count). The van der Waals surface area contributed by atoms with Gasteiger partial charge in [-0.25, -0.2) is 9.18 Å². The summed E-state index contributed by atoms with van der Waals surface area (Å²) in [5.74, 6) is -0.0240. The van der Waals surface area contributed by atoms with Gasteiger partial charge in [-0.15, -0.1) is 0 Å². The number of benzene rings is 1. The van der Waals surface area contributed by atoms with Crippen LogP contribution < -0.4 is 10.6 Å². The van der Waals surface area contributed by atoms with E-state index in [-0.39, 0.29) is 30.4 Å². The van der Waals surface area contributed by atoms with Crippen molar-refractivity contribution in [1.29, 1.82) is 0 Å². The number of hydrogen-bond donors (Lipinski definition) is 3. The van der Waals surface area contributed by atoms with Gasteiger partial charge in [-0.05, 0) is 37.0 Å². The minimum atomic E-state index is -0.571. The van der Waals surface area contributed by atoms with Crippen molar-refractivity contribution in [2.75, 3.05) is 20.3 Å². The highest BCUT2D eigenvalue weighted by atomic mass is 19.1. The van der Waals surface area contributed by atoms with E-state index in [1.807, 2.05) is 0 Å². The molecule has 0 aromatic heterocycles. The Morgan fingerprint density at radius 1 is 1.39 bits per heavy atom. The lowest BCUT2D eigenvalue weighted by molar-refractivity contribution is 0.0598. The van der Waals surface area contributed by atoms with E-state index in [4.69, 9.17) is 4.74 Å². The summed E-state index contributed by atoms with van der Waals surface area (Å²) in [5, 5.41) is 15.3. The van der Waals surface area contributed by atoms with Gasteiger partial charge in [0.05, 0.1) is 12.7 Å². The molecule has 128 valence electrons. The van der Waals surface area contributed by atoms with Gasteiger partial charge in [-0.1, -0.05) is 18.6 Å². The van der Waals surface area contributed by atoms with Crippen LogP contribution in [0.25, 0.3) is 0 Å². The third-order valence-corrected chi connectivity index (χ3v) is 4.25. The predicted molar refractivity (Wildman–Crippen MR) is 85.8 cm³/mol. The van der Waals surface area contributed by atoms with Gasteiger partial charge in [0.15, 0.2) is 0 Å². The summed E-state index contributed by atoms with van der Waals surface area (Å²) in [6.45, 7) is 0.656. The molecule has 5 nitrogen and oxygen atoms in total. The number of methoxy groups -OCH3 is 1. The minimum absolute atomic E-state index is 0.0596. The first-order valence-electron chi connectivity index (χ1n) is 8.07. The molecule has 3 N–H and O–H groups in total. The van der Waals surface area contributed by atoms with Crippen molar-refractivity contribution in [3.05, 3.63) is 35.6 Å². The summed E-state index contributed by atoms with van der Waals surface area (Å²) in [4.78, 5) is 12.0. The zero-order valence-electron chi connectivity index (χ0n) is 13.4. The molecule has 1 aliphatic carbocycles. The number of amides is 2. The monoisotopic (exact) mass is 324 g/mol. The van der Waals surface area contributed by atoms with E-state index in [9.17, 15) is 14.3 Å². The summed E-state index contributed by atoms with van der Waals surface area (Å²) < 4.78 is 17.9. The van der Waals surface area contributed by atoms with Gasteiger partial charge in [0, 0.05) is 25.6 Å². The Morgan fingerprint density at radius 2 is 2.13 bits per heavy atom. The van der Waals surface area contributed by atoms with Gasteiger partial charge >= 0.3 is 6.03 Å². The third kappa shape index (κ3) is 5.48. The number of urea groups is 1. The molecule has 1 fully saturated rings. The molecule has 0 radical (unpaired) electrons. The van der Waals surface area contributed by atoms with Crippen LogP contribution in [0.15, 0.2) is 24.3 Å². The Hall–Kier alpha value is -1.66. The van der Waals surface area contributed by atoms with E-state index in [0.29, 0.717) is 13.0 Å². The number of nitrogens with one attached hydrogen (secondary N) is 2. The van der Waals surface area contributed by atoms with Crippen LogP contribution in [0.2, 0.25) is 0 Å². The van der Waals surface area contributed by atoms with Crippen molar-refractivity contribution in [1.82, 2.24) is 10.6 Å². The van der Waals surface area contributed by atoms with Crippen LogP contribution in [-0.2, 0) is 4.74 Å². The van der Waals surface area contributed by atoms with Gasteiger partial charge in [0.2, 0.25) is 0 Å². The van der Waals surface area contributed by atoms with Gasteiger partial charge in [-0.3, -0.25) is 0 Å². The molecule has 23 heavy (non-hydrogen) atoms. The van der Waals surface area contributed by atoms with Crippen LogP contribution in [0.1, 0.15) is 37.2 Å². The molecule has 1 aliphatic rings. The fraction of sp³-hybridized carbons (Fsp3) is 0.588. The fourth-order valence-corrected chi connectivity index (χ4v) is 3.09. The maximum absolute atomic E-state index is 13.0. The highest BCUT2D eigenvalue weighted by molar-refractivity contribution is 5.74. The lowest BCUT2D eigenvalue weighted by Gasteiger charge is -2.22. The first kappa shape index (κ1) is 17.7. The van der Waals surface area contributed by atoms with Crippen molar-refractivity contribution in [2.45, 2.75) is 43.7 Å². The molecular formula is C17H25FN2O3. The van der Waals surface area contributed by atoms with Gasteiger partial charge in [0.25, 0.3) is 0 Å². The van der Waals surface area contributed by atoms with Crippen LogP contribution in [0, 0.1) is 5.82 Å². The quantitative estimate of drug-likeness (QED) is 0.720. The largest absolute Gasteiger partial charge is 0.391 e. The molecule has 6 heteroatoms. The van der Waals surface area contributed by atoms with E-state index < -0.39 is 6.10 Å². The molecule has 1 aromatic rings. The van der Waals surface area contributed by atoms with Gasteiger partial charge < -0.3 is 20.5 Å². The number of carbonyl (C=O) groups is 1. The number of aliphatic hydroxyl groups excluding tert-OH is 1. The number of hydrogen-bond acceptors (Lipinski definition) is 3. The topological polar surface area (TPSA) is 70.6 Å². The van der Waals surface area contributed by atoms with Crippen molar-refractivity contribution >= 4 is 6.03 Å². The lowest BCUT2D eigenvalue weighted by Crippen LogP contribution is -2.44. The second-order valence-corrected chi connectivity index (χ2v) is 5.99. The number of rotatable bonds is 7. The second kappa shape index (κ2) is 8.84. The Bertz CT molecular complexity index is 495. The second-order valence-electron chi connectivity index (χ2n) is 5.99. The molecule has 0 heterocycles. The summed E-state index contributed by atoms with van der Waals surface area (Å²) in [6.07, 6.45) is 2.83. The lowest BCUT2D eigenvalue weighted by atomic mass is 9.94. The maximum atomic E-state index is 13.0. The SMILES string of the molecule is COCC(O)CCNC(=O)NC1CCCC1c1ccc(F)cc1. The van der Waals surface area contributed by atoms with E-state index in [2.05, 4.69) is 10.6 Å². The van der Waals surface area contributed by atoms with E-state index in [1.165, 1.54) is 19.2 Å². The molecule has 3 atom stereocenters. The molecule has 1 aromatic carbocycles. The van der Waals surface area contributed by atoms with E-state index in [0.717, 1.165) is 24.8 Å². The number of ether oxygens (including phenoxy) is 1. The molecule has 3 unspecified atom stereocenters. The van der Waals surface area contributed by atoms with Crippen LogP contribution in [-0.4, -0.2) is 43.5 Å². The van der Waals surface area contributed by atoms with E-state index >= 15 is 0 Å². The average Bonchev–Trinajstić information content (AvgIpc) is 2.96. The van der Waals surface area contributed by atoms with Crippen LogP contribution in [0.4, 0.5) is 9.18 Å². The zero-order chi connectivity index (χ0) is 16.7. The number of aliphatic hydroxyl groups is 1. The average molecular weight is 324 g/mol. The van der Waals surface area contributed by atoms with Gasteiger partial charge in [0.1, 0.15) is 5.82 Å². The van der Waals surface area contributed by atoms with Crippen LogP contribution in [0.5, 0.6) is 0 Å². The first-order chi connectivity index (χ1) is 11.1. The Kier molecular flexibility index (Phi) is 6.80. The smallest absolute Gasteiger partial charge is 0.315 e. The Labute approximate surface area is 136 Å². The normalized spacial score (nSPS) is 21.9. The number of carbonyl (C=O) groups excluding carboxylic acids is 1. The molecule has 2 amide bonds. The van der Waals surface area contributed by atoms with Crippen molar-refractivity contribution in [2.24, 2.45) is 0 Å². The molecule has 0 spiro atoms.